The van der Waals surface area contributed by atoms with Crippen molar-refractivity contribution in [3.63, 3.8) is 0 Å². The van der Waals surface area contributed by atoms with E-state index in [1.807, 2.05) is 19.1 Å². The predicted molar refractivity (Wildman–Crippen MR) is 104 cm³/mol. The fraction of sp³-hybridized carbons (Fsp3) is 0.400. The van der Waals surface area contributed by atoms with Gasteiger partial charge in [0.1, 0.15) is 0 Å². The molecule has 0 spiro atoms. The zero-order chi connectivity index (χ0) is 18.9. The number of nitrogens with zero attached hydrogens (tertiary/aromatic N) is 1. The number of hydrogen-bond acceptors (Lipinski definition) is 3. The van der Waals surface area contributed by atoms with E-state index in [2.05, 4.69) is 46.9 Å². The summed E-state index contributed by atoms with van der Waals surface area (Å²) in [5.41, 5.74) is 3.34. The molecule has 2 aromatic rings. The number of furan rings is 1. The molecule has 0 aliphatic carbocycles. The van der Waals surface area contributed by atoms with Crippen molar-refractivity contribution in [1.82, 2.24) is 16.0 Å². The smallest absolute Gasteiger partial charge is 0.287 e. The topological polar surface area (TPSA) is 78.7 Å². The van der Waals surface area contributed by atoms with Crippen LogP contribution in [-0.2, 0) is 0 Å². The molecule has 1 heterocycles. The monoisotopic (exact) mass is 356 g/mol. The van der Waals surface area contributed by atoms with Crippen molar-refractivity contribution in [1.29, 1.82) is 0 Å². The first-order valence-electron chi connectivity index (χ1n) is 8.88. The van der Waals surface area contributed by atoms with Gasteiger partial charge in [0.05, 0.1) is 12.3 Å². The quantitative estimate of drug-likeness (QED) is 0.405. The molecule has 6 nitrogen and oxygen atoms in total. The molecule has 1 aromatic heterocycles. The normalized spacial score (nSPS) is 12.5. The third-order valence-corrected chi connectivity index (χ3v) is 4.23. The summed E-state index contributed by atoms with van der Waals surface area (Å²) in [7, 11) is 1.75. The summed E-state index contributed by atoms with van der Waals surface area (Å²) in [5.74, 6) is 0.944. The first kappa shape index (κ1) is 19.6. The SMILES string of the molecule is CN=C(NCCCNC(=O)c1occc1C)NC(C)c1ccccc1C. The van der Waals surface area contributed by atoms with Gasteiger partial charge in [-0.2, -0.15) is 0 Å². The molecule has 0 aliphatic heterocycles. The molecular weight excluding hydrogens is 328 g/mol. The van der Waals surface area contributed by atoms with Crippen molar-refractivity contribution >= 4 is 11.9 Å². The lowest BCUT2D eigenvalue weighted by Crippen LogP contribution is -2.40. The van der Waals surface area contributed by atoms with Gasteiger partial charge >= 0.3 is 0 Å². The van der Waals surface area contributed by atoms with Crippen LogP contribution in [0.25, 0.3) is 0 Å². The Labute approximate surface area is 155 Å². The maximum absolute atomic E-state index is 12.0. The van der Waals surface area contributed by atoms with Gasteiger partial charge in [0.15, 0.2) is 11.7 Å². The molecule has 0 bridgehead atoms. The minimum Gasteiger partial charge on any atom is -0.459 e. The number of guanidine groups is 1. The Balaban J connectivity index is 1.71. The standard InChI is InChI=1S/C20H28N4O2/c1-14-8-5-6-9-17(14)16(3)24-20(21-4)23-12-7-11-22-19(25)18-15(2)10-13-26-18/h5-6,8-10,13,16H,7,11-12H2,1-4H3,(H,22,25)(H2,21,23,24). The van der Waals surface area contributed by atoms with Gasteiger partial charge in [-0.25, -0.2) is 0 Å². The molecule has 1 atom stereocenters. The lowest BCUT2D eigenvalue weighted by molar-refractivity contribution is 0.0925. The van der Waals surface area contributed by atoms with E-state index in [4.69, 9.17) is 4.42 Å². The number of hydrogen-bond donors (Lipinski definition) is 3. The number of amides is 1. The van der Waals surface area contributed by atoms with Crippen LogP contribution in [-0.4, -0.2) is 32.0 Å². The summed E-state index contributed by atoms with van der Waals surface area (Å²) < 4.78 is 5.18. The molecule has 26 heavy (non-hydrogen) atoms. The van der Waals surface area contributed by atoms with Gasteiger partial charge in [-0.3, -0.25) is 9.79 Å². The second-order valence-electron chi connectivity index (χ2n) is 6.26. The zero-order valence-electron chi connectivity index (χ0n) is 15.9. The molecule has 0 fully saturated rings. The van der Waals surface area contributed by atoms with Crippen LogP contribution in [0.15, 0.2) is 46.0 Å². The van der Waals surface area contributed by atoms with Crippen LogP contribution in [0.1, 0.15) is 46.6 Å². The average molecular weight is 356 g/mol. The Kier molecular flexibility index (Phi) is 7.26. The van der Waals surface area contributed by atoms with Crippen molar-refractivity contribution in [3.8, 4) is 0 Å². The van der Waals surface area contributed by atoms with Crippen LogP contribution in [0, 0.1) is 13.8 Å². The van der Waals surface area contributed by atoms with Gasteiger partial charge in [-0.15, -0.1) is 0 Å². The maximum Gasteiger partial charge on any atom is 0.287 e. The van der Waals surface area contributed by atoms with E-state index in [-0.39, 0.29) is 11.9 Å². The van der Waals surface area contributed by atoms with Crippen LogP contribution in [0.5, 0.6) is 0 Å². The lowest BCUT2D eigenvalue weighted by Gasteiger charge is -2.19. The Morgan fingerprint density at radius 2 is 1.85 bits per heavy atom. The molecule has 6 heteroatoms. The van der Waals surface area contributed by atoms with Gasteiger partial charge in [0.25, 0.3) is 5.91 Å². The average Bonchev–Trinajstić information content (AvgIpc) is 3.06. The molecule has 0 radical (unpaired) electrons. The number of benzene rings is 1. The minimum atomic E-state index is -0.178. The van der Waals surface area contributed by atoms with Crippen LogP contribution in [0.4, 0.5) is 0 Å². The van der Waals surface area contributed by atoms with Gasteiger partial charge < -0.3 is 20.4 Å². The molecule has 1 unspecified atom stereocenters. The van der Waals surface area contributed by atoms with Gasteiger partial charge in [0, 0.05) is 25.7 Å². The van der Waals surface area contributed by atoms with Crippen molar-refractivity contribution in [2.75, 3.05) is 20.1 Å². The molecule has 0 saturated heterocycles. The highest BCUT2D eigenvalue weighted by atomic mass is 16.3. The Hall–Kier alpha value is -2.76. The van der Waals surface area contributed by atoms with Crippen molar-refractivity contribution < 1.29 is 9.21 Å². The summed E-state index contributed by atoms with van der Waals surface area (Å²) in [6.45, 7) is 7.34. The summed E-state index contributed by atoms with van der Waals surface area (Å²) in [5, 5.41) is 9.52. The van der Waals surface area contributed by atoms with Crippen molar-refractivity contribution in [2.45, 2.75) is 33.2 Å². The third-order valence-electron chi connectivity index (χ3n) is 4.23. The fourth-order valence-electron chi connectivity index (χ4n) is 2.73. The zero-order valence-corrected chi connectivity index (χ0v) is 15.9. The number of rotatable bonds is 7. The molecule has 0 saturated carbocycles. The number of carbonyl (C=O) groups excluding carboxylic acids is 1. The molecule has 2 rings (SSSR count). The summed E-state index contributed by atoms with van der Waals surface area (Å²) in [4.78, 5) is 16.2. The van der Waals surface area contributed by atoms with Crippen LogP contribution < -0.4 is 16.0 Å². The van der Waals surface area contributed by atoms with Crippen molar-refractivity contribution in [2.24, 2.45) is 4.99 Å². The van der Waals surface area contributed by atoms with E-state index < -0.39 is 0 Å². The number of aryl methyl sites for hydroxylation is 2. The fourth-order valence-corrected chi connectivity index (χ4v) is 2.73. The largest absolute Gasteiger partial charge is 0.459 e. The van der Waals surface area contributed by atoms with Crippen LogP contribution in [0.3, 0.4) is 0 Å². The van der Waals surface area contributed by atoms with E-state index in [0.29, 0.717) is 18.8 Å². The molecular formula is C20H28N4O2. The summed E-state index contributed by atoms with van der Waals surface area (Å²) in [6, 6.07) is 10.2. The molecule has 3 N–H and O–H groups in total. The van der Waals surface area contributed by atoms with E-state index in [0.717, 1.165) is 17.9 Å². The second kappa shape index (κ2) is 9.65. The molecule has 140 valence electrons. The van der Waals surface area contributed by atoms with Crippen LogP contribution >= 0.6 is 0 Å². The van der Waals surface area contributed by atoms with Gasteiger partial charge in [-0.05, 0) is 44.4 Å². The Bertz CT molecular complexity index is 752. The summed E-state index contributed by atoms with van der Waals surface area (Å²) >= 11 is 0. The van der Waals surface area contributed by atoms with E-state index >= 15 is 0 Å². The number of aliphatic imine (C=N–C) groups is 1. The third kappa shape index (κ3) is 5.37. The van der Waals surface area contributed by atoms with Gasteiger partial charge in [0.2, 0.25) is 0 Å². The van der Waals surface area contributed by atoms with E-state index in [1.165, 1.54) is 17.4 Å². The van der Waals surface area contributed by atoms with Crippen LogP contribution in [0.2, 0.25) is 0 Å². The number of carbonyl (C=O) groups is 1. The molecule has 1 aromatic carbocycles. The first-order chi connectivity index (χ1) is 12.5. The minimum absolute atomic E-state index is 0.157. The Morgan fingerprint density at radius 1 is 1.12 bits per heavy atom. The number of nitrogens with one attached hydrogen (secondary N) is 3. The van der Waals surface area contributed by atoms with Crippen molar-refractivity contribution in [3.05, 3.63) is 59.0 Å². The van der Waals surface area contributed by atoms with E-state index in [1.54, 1.807) is 13.1 Å². The molecule has 1 amide bonds. The highest BCUT2D eigenvalue weighted by Gasteiger charge is 2.12. The second-order valence-corrected chi connectivity index (χ2v) is 6.26. The first-order valence-corrected chi connectivity index (χ1v) is 8.88. The van der Waals surface area contributed by atoms with E-state index in [9.17, 15) is 4.79 Å². The lowest BCUT2D eigenvalue weighted by atomic mass is 10.0. The summed E-state index contributed by atoms with van der Waals surface area (Å²) in [6.07, 6.45) is 2.31. The van der Waals surface area contributed by atoms with Gasteiger partial charge in [-0.1, -0.05) is 24.3 Å². The predicted octanol–water partition coefficient (Wildman–Crippen LogP) is 2.94. The molecule has 0 aliphatic rings. The highest BCUT2D eigenvalue weighted by molar-refractivity contribution is 5.92. The Morgan fingerprint density at radius 3 is 2.50 bits per heavy atom. The highest BCUT2D eigenvalue weighted by Crippen LogP contribution is 2.16. The maximum atomic E-state index is 12.0.